The molecular formula is C16H22N2O2. The molecule has 2 aliphatic rings. The molecule has 1 saturated heterocycles. The van der Waals surface area contributed by atoms with Crippen LogP contribution in [-0.2, 0) is 10.3 Å². The van der Waals surface area contributed by atoms with Gasteiger partial charge in [-0.1, -0.05) is 6.07 Å². The summed E-state index contributed by atoms with van der Waals surface area (Å²) in [5.41, 5.74) is 1.29. The van der Waals surface area contributed by atoms with E-state index in [9.17, 15) is 4.79 Å². The number of nitrogens with one attached hydrogen (secondary N) is 1. The minimum absolute atomic E-state index is 0.00584. The summed E-state index contributed by atoms with van der Waals surface area (Å²) >= 11 is 0. The summed E-state index contributed by atoms with van der Waals surface area (Å²) in [6.45, 7) is 6.88. The first-order valence-electron chi connectivity index (χ1n) is 7.20. The normalized spacial score (nSPS) is 28.2. The fraction of sp³-hybridized carbons (Fsp3) is 0.562. The molecule has 20 heavy (non-hydrogen) atoms. The average molecular weight is 274 g/mol. The van der Waals surface area contributed by atoms with Crippen LogP contribution in [0.5, 0.6) is 5.75 Å². The number of likely N-dealkylation sites (N-methyl/N-ethyl adjacent to an activating group) is 1. The van der Waals surface area contributed by atoms with E-state index in [1.807, 2.05) is 27.0 Å². The second kappa shape index (κ2) is 4.22. The van der Waals surface area contributed by atoms with Crippen LogP contribution < -0.4 is 15.0 Å². The number of hydrogen-bond donors (Lipinski definition) is 1. The number of anilines is 1. The average Bonchev–Trinajstić information content (AvgIpc) is 2.84. The van der Waals surface area contributed by atoms with Crippen LogP contribution in [0.15, 0.2) is 18.2 Å². The Kier molecular flexibility index (Phi) is 2.83. The predicted molar refractivity (Wildman–Crippen MR) is 79.1 cm³/mol. The van der Waals surface area contributed by atoms with Crippen molar-refractivity contribution < 1.29 is 9.53 Å². The van der Waals surface area contributed by atoms with E-state index in [-0.39, 0.29) is 11.4 Å². The third-order valence-electron chi connectivity index (χ3n) is 4.51. The van der Waals surface area contributed by atoms with Gasteiger partial charge in [0, 0.05) is 12.6 Å². The fourth-order valence-electron chi connectivity index (χ4n) is 3.18. The van der Waals surface area contributed by atoms with E-state index < -0.39 is 5.60 Å². The van der Waals surface area contributed by atoms with E-state index in [4.69, 9.17) is 4.74 Å². The maximum absolute atomic E-state index is 12.3. The topological polar surface area (TPSA) is 41.6 Å². The SMILES string of the molecule is CN1C(=O)C(C)(C)Oc2ccc(C3(C)CCCN3)cc21. The first-order valence-corrected chi connectivity index (χ1v) is 7.20. The summed E-state index contributed by atoms with van der Waals surface area (Å²) in [4.78, 5) is 14.0. The van der Waals surface area contributed by atoms with E-state index in [0.29, 0.717) is 0 Å². The third-order valence-corrected chi connectivity index (χ3v) is 4.51. The highest BCUT2D eigenvalue weighted by Gasteiger charge is 2.40. The molecule has 3 rings (SSSR count). The monoisotopic (exact) mass is 274 g/mol. The zero-order valence-corrected chi connectivity index (χ0v) is 12.6. The van der Waals surface area contributed by atoms with E-state index >= 15 is 0 Å². The van der Waals surface area contributed by atoms with Crippen LogP contribution in [-0.4, -0.2) is 25.1 Å². The lowest BCUT2D eigenvalue weighted by Crippen LogP contribution is -2.51. The number of ether oxygens (including phenoxy) is 1. The molecule has 2 heterocycles. The van der Waals surface area contributed by atoms with Gasteiger partial charge in [-0.15, -0.1) is 0 Å². The second-order valence-electron chi connectivity index (χ2n) is 6.52. The van der Waals surface area contributed by atoms with Crippen LogP contribution in [0, 0.1) is 0 Å². The number of benzene rings is 1. The number of rotatable bonds is 1. The van der Waals surface area contributed by atoms with Gasteiger partial charge in [0.25, 0.3) is 5.91 Å². The zero-order valence-electron chi connectivity index (χ0n) is 12.6. The van der Waals surface area contributed by atoms with Crippen LogP contribution in [0.3, 0.4) is 0 Å². The Hall–Kier alpha value is -1.55. The quantitative estimate of drug-likeness (QED) is 0.855. The predicted octanol–water partition coefficient (Wildman–Crippen LogP) is 2.42. The molecule has 1 fully saturated rings. The first-order chi connectivity index (χ1) is 9.33. The summed E-state index contributed by atoms with van der Waals surface area (Å²) in [7, 11) is 1.82. The molecule has 108 valence electrons. The molecule has 1 atom stereocenters. The molecule has 1 aromatic rings. The van der Waals surface area contributed by atoms with Crippen molar-refractivity contribution in [2.75, 3.05) is 18.5 Å². The maximum atomic E-state index is 12.3. The van der Waals surface area contributed by atoms with Gasteiger partial charge in [0.05, 0.1) is 5.69 Å². The van der Waals surface area contributed by atoms with Gasteiger partial charge in [0.1, 0.15) is 5.75 Å². The first kappa shape index (κ1) is 13.4. The highest BCUT2D eigenvalue weighted by Crippen LogP contribution is 2.40. The van der Waals surface area contributed by atoms with Crippen molar-refractivity contribution in [1.29, 1.82) is 0 Å². The molecule has 0 bridgehead atoms. The van der Waals surface area contributed by atoms with Gasteiger partial charge < -0.3 is 15.0 Å². The van der Waals surface area contributed by atoms with Gasteiger partial charge in [-0.25, -0.2) is 0 Å². The Balaban J connectivity index is 2.04. The number of amides is 1. The summed E-state index contributed by atoms with van der Waals surface area (Å²) in [6.07, 6.45) is 2.31. The highest BCUT2D eigenvalue weighted by molar-refractivity contribution is 6.02. The van der Waals surface area contributed by atoms with Crippen molar-refractivity contribution in [2.24, 2.45) is 0 Å². The minimum Gasteiger partial charge on any atom is -0.476 e. The Morgan fingerprint density at radius 2 is 2.05 bits per heavy atom. The molecule has 1 unspecified atom stereocenters. The fourth-order valence-corrected chi connectivity index (χ4v) is 3.18. The third kappa shape index (κ3) is 1.90. The molecule has 0 saturated carbocycles. The lowest BCUT2D eigenvalue weighted by Gasteiger charge is -2.38. The van der Waals surface area contributed by atoms with Crippen molar-refractivity contribution in [1.82, 2.24) is 5.32 Å². The van der Waals surface area contributed by atoms with Crippen LogP contribution in [0.25, 0.3) is 0 Å². The number of nitrogens with zero attached hydrogens (tertiary/aromatic N) is 1. The molecule has 4 nitrogen and oxygen atoms in total. The molecule has 0 aliphatic carbocycles. The standard InChI is InChI=1S/C16H22N2O2/c1-15(2)14(19)18(4)12-10-11(6-7-13(12)20-15)16(3)8-5-9-17-16/h6-7,10,17H,5,8-9H2,1-4H3. The van der Waals surface area contributed by atoms with Crippen LogP contribution in [0.4, 0.5) is 5.69 Å². The Bertz CT molecular complexity index is 560. The van der Waals surface area contributed by atoms with E-state index in [1.165, 1.54) is 12.0 Å². The molecule has 1 aromatic carbocycles. The summed E-state index contributed by atoms with van der Waals surface area (Å²) in [6, 6.07) is 6.18. The van der Waals surface area contributed by atoms with E-state index in [2.05, 4.69) is 24.4 Å². The van der Waals surface area contributed by atoms with Crippen LogP contribution >= 0.6 is 0 Å². The van der Waals surface area contributed by atoms with Gasteiger partial charge in [-0.3, -0.25) is 4.79 Å². The van der Waals surface area contributed by atoms with Crippen molar-refractivity contribution in [2.45, 2.75) is 44.8 Å². The Morgan fingerprint density at radius 3 is 2.70 bits per heavy atom. The Labute approximate surface area is 120 Å². The molecule has 0 aromatic heterocycles. The number of hydrogen-bond acceptors (Lipinski definition) is 3. The van der Waals surface area contributed by atoms with Crippen molar-refractivity contribution in [3.63, 3.8) is 0 Å². The Morgan fingerprint density at radius 1 is 1.30 bits per heavy atom. The second-order valence-corrected chi connectivity index (χ2v) is 6.52. The molecule has 0 spiro atoms. The van der Waals surface area contributed by atoms with Gasteiger partial charge in [0.2, 0.25) is 0 Å². The van der Waals surface area contributed by atoms with E-state index in [0.717, 1.165) is 24.4 Å². The summed E-state index contributed by atoms with van der Waals surface area (Å²) < 4.78 is 5.84. The van der Waals surface area contributed by atoms with Crippen LogP contribution in [0.2, 0.25) is 0 Å². The molecule has 2 aliphatic heterocycles. The number of fused-ring (bicyclic) bond motifs is 1. The number of carbonyl (C=O) groups excluding carboxylic acids is 1. The molecule has 4 heteroatoms. The van der Waals surface area contributed by atoms with Gasteiger partial charge in [-0.2, -0.15) is 0 Å². The minimum atomic E-state index is -0.793. The van der Waals surface area contributed by atoms with Crippen LogP contribution in [0.1, 0.15) is 39.2 Å². The molecule has 1 amide bonds. The van der Waals surface area contributed by atoms with Gasteiger partial charge >= 0.3 is 0 Å². The lowest BCUT2D eigenvalue weighted by molar-refractivity contribution is -0.132. The largest absolute Gasteiger partial charge is 0.476 e. The summed E-state index contributed by atoms with van der Waals surface area (Å²) in [5.74, 6) is 0.772. The zero-order chi connectivity index (χ0) is 14.5. The summed E-state index contributed by atoms with van der Waals surface area (Å²) in [5, 5.41) is 3.55. The molecular weight excluding hydrogens is 252 g/mol. The van der Waals surface area contributed by atoms with E-state index in [1.54, 1.807) is 4.90 Å². The lowest BCUT2D eigenvalue weighted by atomic mass is 9.89. The smallest absolute Gasteiger partial charge is 0.270 e. The van der Waals surface area contributed by atoms with Crippen molar-refractivity contribution in [3.05, 3.63) is 23.8 Å². The molecule has 1 N–H and O–H groups in total. The van der Waals surface area contributed by atoms with Crippen molar-refractivity contribution >= 4 is 11.6 Å². The molecule has 0 radical (unpaired) electrons. The van der Waals surface area contributed by atoms with Crippen molar-refractivity contribution in [3.8, 4) is 5.75 Å². The number of carbonyl (C=O) groups is 1. The van der Waals surface area contributed by atoms with Gasteiger partial charge in [-0.05, 0) is 57.9 Å². The maximum Gasteiger partial charge on any atom is 0.270 e. The van der Waals surface area contributed by atoms with Gasteiger partial charge in [0.15, 0.2) is 5.60 Å². The highest BCUT2D eigenvalue weighted by atomic mass is 16.5.